The summed E-state index contributed by atoms with van der Waals surface area (Å²) in [7, 11) is 0. The molecule has 0 amide bonds. The van der Waals surface area contributed by atoms with Crippen molar-refractivity contribution in [2.45, 2.75) is 13.1 Å². The summed E-state index contributed by atoms with van der Waals surface area (Å²) < 4.78 is 38.5. The van der Waals surface area contributed by atoms with Crippen molar-refractivity contribution < 1.29 is 13.2 Å². The fourth-order valence-electron chi connectivity index (χ4n) is 1.47. The van der Waals surface area contributed by atoms with Crippen molar-refractivity contribution in [2.75, 3.05) is 5.32 Å². The third kappa shape index (κ3) is 3.44. The first kappa shape index (κ1) is 13.8. The lowest BCUT2D eigenvalue weighted by molar-refractivity contribution is -0.137. The van der Waals surface area contributed by atoms with Crippen molar-refractivity contribution in [1.29, 1.82) is 0 Å². The van der Waals surface area contributed by atoms with Gasteiger partial charge in [-0.05, 0) is 40.5 Å². The Morgan fingerprint density at radius 2 is 1.89 bits per heavy atom. The molecule has 7 heteroatoms. The summed E-state index contributed by atoms with van der Waals surface area (Å²) >= 11 is 3.17. The van der Waals surface area contributed by atoms with Gasteiger partial charge in [0.15, 0.2) is 0 Å². The third-order valence-corrected chi connectivity index (χ3v) is 2.90. The molecule has 0 fully saturated rings. The lowest BCUT2D eigenvalue weighted by Crippen LogP contribution is -2.06. The van der Waals surface area contributed by atoms with E-state index in [0.717, 1.165) is 12.1 Å². The maximum atomic E-state index is 12.6. The molecular formula is C12H9BrF3N3. The van der Waals surface area contributed by atoms with Gasteiger partial charge in [-0.3, -0.25) is 0 Å². The molecule has 2 rings (SSSR count). The molecule has 1 aromatic heterocycles. The third-order valence-electron chi connectivity index (χ3n) is 2.46. The number of nitrogens with one attached hydrogen (secondary N) is 1. The van der Waals surface area contributed by atoms with E-state index in [1.807, 2.05) is 0 Å². The van der Waals surface area contributed by atoms with Gasteiger partial charge in [-0.2, -0.15) is 13.2 Å². The smallest absolute Gasteiger partial charge is 0.340 e. The number of hydrogen-bond donors (Lipinski definition) is 1. The van der Waals surface area contributed by atoms with E-state index >= 15 is 0 Å². The minimum absolute atomic E-state index is 0.362. The van der Waals surface area contributed by atoms with Gasteiger partial charge in [0, 0.05) is 11.8 Å². The Bertz CT molecular complexity index is 599. The largest absolute Gasteiger partial charge is 0.416 e. The van der Waals surface area contributed by atoms with Crippen molar-refractivity contribution in [3.63, 3.8) is 0 Å². The van der Waals surface area contributed by atoms with E-state index in [1.165, 1.54) is 12.4 Å². The quantitative estimate of drug-likeness (QED) is 0.833. The second-order valence-electron chi connectivity index (χ2n) is 3.88. The van der Waals surface area contributed by atoms with Crippen LogP contribution in [0.2, 0.25) is 0 Å². The van der Waals surface area contributed by atoms with Gasteiger partial charge in [0.25, 0.3) is 0 Å². The number of nitrogens with zero attached hydrogens (tertiary/aromatic N) is 2. The normalized spacial score (nSPS) is 11.4. The highest BCUT2D eigenvalue weighted by Crippen LogP contribution is 2.32. The molecule has 0 aliphatic rings. The van der Waals surface area contributed by atoms with E-state index in [0.29, 0.717) is 21.7 Å². The van der Waals surface area contributed by atoms with E-state index in [2.05, 4.69) is 31.2 Å². The standard InChI is InChI=1S/C12H9BrF3N3/c1-7-2-3-8(12(14,15)16)4-9(7)19-11-5-10(13)17-6-18-11/h2-6H,1H3,(H,17,18,19). The van der Waals surface area contributed by atoms with Crippen LogP contribution in [0.15, 0.2) is 35.2 Å². The summed E-state index contributed by atoms with van der Waals surface area (Å²) in [6.45, 7) is 1.72. The minimum atomic E-state index is -4.36. The molecule has 100 valence electrons. The van der Waals surface area contributed by atoms with Gasteiger partial charge < -0.3 is 5.32 Å². The number of benzene rings is 1. The molecule has 1 heterocycles. The summed E-state index contributed by atoms with van der Waals surface area (Å²) in [6.07, 6.45) is -3.05. The average molecular weight is 332 g/mol. The topological polar surface area (TPSA) is 37.8 Å². The van der Waals surface area contributed by atoms with Gasteiger partial charge in [-0.25, -0.2) is 9.97 Å². The zero-order chi connectivity index (χ0) is 14.0. The van der Waals surface area contributed by atoms with Crippen molar-refractivity contribution >= 4 is 27.4 Å². The molecular weight excluding hydrogens is 323 g/mol. The first-order chi connectivity index (χ1) is 8.86. The Kier molecular flexibility index (Phi) is 3.75. The summed E-state index contributed by atoms with van der Waals surface area (Å²) in [5.74, 6) is 0.421. The van der Waals surface area contributed by atoms with Crippen LogP contribution in [0.3, 0.4) is 0 Å². The molecule has 0 aliphatic heterocycles. The van der Waals surface area contributed by atoms with Crippen LogP contribution >= 0.6 is 15.9 Å². The van der Waals surface area contributed by atoms with E-state index < -0.39 is 11.7 Å². The molecule has 0 bridgehead atoms. The molecule has 2 aromatic rings. The molecule has 0 saturated carbocycles. The van der Waals surface area contributed by atoms with Crippen LogP contribution in [0.5, 0.6) is 0 Å². The first-order valence-electron chi connectivity index (χ1n) is 5.28. The maximum absolute atomic E-state index is 12.6. The molecule has 1 aromatic carbocycles. The Labute approximate surface area is 116 Å². The average Bonchev–Trinajstić information content (AvgIpc) is 2.30. The lowest BCUT2D eigenvalue weighted by Gasteiger charge is -2.12. The van der Waals surface area contributed by atoms with Gasteiger partial charge >= 0.3 is 6.18 Å². The SMILES string of the molecule is Cc1ccc(C(F)(F)F)cc1Nc1cc(Br)ncn1. The zero-order valence-corrected chi connectivity index (χ0v) is 11.4. The molecule has 3 nitrogen and oxygen atoms in total. The molecule has 0 radical (unpaired) electrons. The fourth-order valence-corrected chi connectivity index (χ4v) is 1.78. The number of rotatable bonds is 2. The van der Waals surface area contributed by atoms with Crippen LogP contribution in [0.1, 0.15) is 11.1 Å². The minimum Gasteiger partial charge on any atom is -0.340 e. The summed E-state index contributed by atoms with van der Waals surface area (Å²) in [5, 5.41) is 2.84. The highest BCUT2D eigenvalue weighted by molar-refractivity contribution is 9.10. The summed E-state index contributed by atoms with van der Waals surface area (Å²) in [6, 6.07) is 5.11. The Morgan fingerprint density at radius 1 is 1.16 bits per heavy atom. The zero-order valence-electron chi connectivity index (χ0n) is 9.79. The monoisotopic (exact) mass is 331 g/mol. The number of aromatic nitrogens is 2. The number of hydrogen-bond acceptors (Lipinski definition) is 3. The van der Waals surface area contributed by atoms with Crippen molar-refractivity contribution in [2.24, 2.45) is 0 Å². The Morgan fingerprint density at radius 3 is 2.53 bits per heavy atom. The summed E-state index contributed by atoms with van der Waals surface area (Å²) in [5.41, 5.74) is 0.358. The van der Waals surface area contributed by atoms with Gasteiger partial charge in [0.1, 0.15) is 16.7 Å². The molecule has 1 N–H and O–H groups in total. The number of halogens is 4. The Hall–Kier alpha value is -1.63. The predicted molar refractivity (Wildman–Crippen MR) is 69.2 cm³/mol. The van der Waals surface area contributed by atoms with Gasteiger partial charge in [0.2, 0.25) is 0 Å². The van der Waals surface area contributed by atoms with Crippen LogP contribution in [-0.4, -0.2) is 9.97 Å². The molecule has 0 aliphatic carbocycles. The van der Waals surface area contributed by atoms with E-state index in [1.54, 1.807) is 13.0 Å². The maximum Gasteiger partial charge on any atom is 0.416 e. The first-order valence-corrected chi connectivity index (χ1v) is 6.08. The van der Waals surface area contributed by atoms with E-state index in [9.17, 15) is 13.2 Å². The van der Waals surface area contributed by atoms with Crippen LogP contribution < -0.4 is 5.32 Å². The molecule has 0 saturated heterocycles. The number of alkyl halides is 3. The van der Waals surface area contributed by atoms with Crippen molar-refractivity contribution in [1.82, 2.24) is 9.97 Å². The van der Waals surface area contributed by atoms with E-state index in [-0.39, 0.29) is 0 Å². The number of aryl methyl sites for hydroxylation is 1. The van der Waals surface area contributed by atoms with Crippen molar-refractivity contribution in [3.8, 4) is 0 Å². The highest BCUT2D eigenvalue weighted by atomic mass is 79.9. The lowest BCUT2D eigenvalue weighted by atomic mass is 10.1. The second-order valence-corrected chi connectivity index (χ2v) is 4.69. The van der Waals surface area contributed by atoms with Gasteiger partial charge in [-0.15, -0.1) is 0 Å². The second kappa shape index (κ2) is 5.16. The molecule has 0 atom stereocenters. The van der Waals surface area contributed by atoms with Crippen LogP contribution in [0.25, 0.3) is 0 Å². The fraction of sp³-hybridized carbons (Fsp3) is 0.167. The van der Waals surface area contributed by atoms with Crippen LogP contribution in [-0.2, 0) is 6.18 Å². The van der Waals surface area contributed by atoms with Crippen LogP contribution in [0.4, 0.5) is 24.7 Å². The molecule has 0 unspecified atom stereocenters. The summed E-state index contributed by atoms with van der Waals surface area (Å²) in [4.78, 5) is 7.78. The highest BCUT2D eigenvalue weighted by Gasteiger charge is 2.30. The Balaban J connectivity index is 2.34. The van der Waals surface area contributed by atoms with Crippen molar-refractivity contribution in [3.05, 3.63) is 46.3 Å². The van der Waals surface area contributed by atoms with E-state index in [4.69, 9.17) is 0 Å². The number of anilines is 2. The van der Waals surface area contributed by atoms with Crippen LogP contribution in [0, 0.1) is 6.92 Å². The molecule has 19 heavy (non-hydrogen) atoms. The molecule has 0 spiro atoms. The van der Waals surface area contributed by atoms with Gasteiger partial charge in [-0.1, -0.05) is 6.07 Å². The van der Waals surface area contributed by atoms with Gasteiger partial charge in [0.05, 0.1) is 5.56 Å². The predicted octanol–water partition coefficient (Wildman–Crippen LogP) is 4.31.